The topological polar surface area (TPSA) is 49.5 Å². The molecule has 2 aliphatic rings. The molecule has 1 aliphatic carbocycles. The van der Waals surface area contributed by atoms with E-state index in [1.807, 2.05) is 0 Å². The molecule has 0 amide bonds. The Morgan fingerprint density at radius 3 is 1.40 bits per heavy atom. The highest BCUT2D eigenvalue weighted by Gasteiger charge is 2.69. The van der Waals surface area contributed by atoms with Gasteiger partial charge in [-0.25, -0.2) is 0 Å². The third-order valence-corrected chi connectivity index (χ3v) is 3.56. The van der Waals surface area contributed by atoms with Gasteiger partial charge in [-0.1, -0.05) is 0 Å². The molecule has 0 radical (unpaired) electrons. The van der Waals surface area contributed by atoms with Crippen LogP contribution in [0.2, 0.25) is 0 Å². The second-order valence-electron chi connectivity index (χ2n) is 3.92. The van der Waals surface area contributed by atoms with Gasteiger partial charge in [0.25, 0.3) is 0 Å². The fourth-order valence-electron chi connectivity index (χ4n) is 2.45. The van der Waals surface area contributed by atoms with E-state index in [0.717, 1.165) is 0 Å². The molecule has 2 atom stereocenters. The maximum atomic E-state index is 5.57. The van der Waals surface area contributed by atoms with E-state index >= 15 is 0 Å². The second kappa shape index (κ2) is 3.68. The van der Waals surface area contributed by atoms with Crippen LogP contribution in [0.5, 0.6) is 0 Å². The fraction of sp³-hybridized carbons (Fsp3) is 1.00. The molecule has 0 spiro atoms. The molecule has 0 aromatic rings. The van der Waals surface area contributed by atoms with Crippen LogP contribution in [-0.2, 0) is 23.7 Å². The lowest BCUT2D eigenvalue weighted by atomic mass is 9.88. The Bertz CT molecular complexity index is 210. The Hall–Kier alpha value is -0.200. The van der Waals surface area contributed by atoms with Gasteiger partial charge in [-0.05, 0) is 0 Å². The zero-order valence-electron chi connectivity index (χ0n) is 9.61. The lowest BCUT2D eigenvalue weighted by Crippen LogP contribution is -2.53. The number of hydrogen-bond acceptors (Lipinski definition) is 5. The molecule has 1 heterocycles. The SMILES string of the molecule is COC1(OC)CCC(OC)(OC)C2OC21. The predicted molar refractivity (Wildman–Crippen MR) is 51.4 cm³/mol. The van der Waals surface area contributed by atoms with Gasteiger partial charge < -0.3 is 23.7 Å². The fourth-order valence-corrected chi connectivity index (χ4v) is 2.45. The molecule has 1 saturated carbocycles. The molecular weight excluding hydrogens is 200 g/mol. The van der Waals surface area contributed by atoms with Crippen molar-refractivity contribution in [1.29, 1.82) is 0 Å². The van der Waals surface area contributed by atoms with Gasteiger partial charge in [0.15, 0.2) is 11.6 Å². The Balaban J connectivity index is 2.15. The molecule has 0 N–H and O–H groups in total. The molecule has 88 valence electrons. The summed E-state index contributed by atoms with van der Waals surface area (Å²) in [6.07, 6.45) is 1.20. The largest absolute Gasteiger partial charge is 0.358 e. The summed E-state index contributed by atoms with van der Waals surface area (Å²) in [4.78, 5) is 0. The van der Waals surface area contributed by atoms with Crippen LogP contribution in [0, 0.1) is 0 Å². The molecule has 1 aliphatic heterocycles. The van der Waals surface area contributed by atoms with Crippen molar-refractivity contribution in [2.24, 2.45) is 0 Å². The Kier molecular flexibility index (Phi) is 2.77. The molecule has 0 bridgehead atoms. The number of epoxide rings is 1. The van der Waals surface area contributed by atoms with Gasteiger partial charge in [0.2, 0.25) is 0 Å². The lowest BCUT2D eigenvalue weighted by Gasteiger charge is -2.39. The Morgan fingerprint density at radius 1 is 0.800 bits per heavy atom. The summed E-state index contributed by atoms with van der Waals surface area (Å²) in [5, 5.41) is 0. The van der Waals surface area contributed by atoms with E-state index in [1.165, 1.54) is 0 Å². The van der Waals surface area contributed by atoms with Crippen LogP contribution in [-0.4, -0.2) is 52.2 Å². The number of fused-ring (bicyclic) bond motifs is 1. The number of methoxy groups -OCH3 is 4. The average Bonchev–Trinajstić information content (AvgIpc) is 3.09. The van der Waals surface area contributed by atoms with Crippen molar-refractivity contribution < 1.29 is 23.7 Å². The Morgan fingerprint density at radius 2 is 1.13 bits per heavy atom. The molecule has 15 heavy (non-hydrogen) atoms. The van der Waals surface area contributed by atoms with E-state index in [0.29, 0.717) is 12.8 Å². The third kappa shape index (κ3) is 1.42. The van der Waals surface area contributed by atoms with Crippen molar-refractivity contribution in [2.75, 3.05) is 28.4 Å². The third-order valence-electron chi connectivity index (χ3n) is 3.56. The summed E-state index contributed by atoms with van der Waals surface area (Å²) in [6.45, 7) is 0. The van der Waals surface area contributed by atoms with E-state index in [4.69, 9.17) is 23.7 Å². The molecule has 2 unspecified atom stereocenters. The van der Waals surface area contributed by atoms with Gasteiger partial charge in [-0.3, -0.25) is 0 Å². The first-order chi connectivity index (χ1) is 7.18. The number of ether oxygens (including phenoxy) is 5. The summed E-state index contributed by atoms with van der Waals surface area (Å²) in [5.74, 6) is -1.27. The second-order valence-corrected chi connectivity index (χ2v) is 3.92. The normalized spacial score (nSPS) is 36.0. The summed E-state index contributed by atoms with van der Waals surface area (Å²) in [6, 6.07) is 0. The highest BCUT2D eigenvalue weighted by atomic mass is 16.8. The van der Waals surface area contributed by atoms with E-state index in [1.54, 1.807) is 28.4 Å². The zero-order valence-corrected chi connectivity index (χ0v) is 9.61. The van der Waals surface area contributed by atoms with E-state index < -0.39 is 11.6 Å². The first kappa shape index (κ1) is 11.3. The highest BCUT2D eigenvalue weighted by Crippen LogP contribution is 2.51. The van der Waals surface area contributed by atoms with Gasteiger partial charge in [0.1, 0.15) is 12.2 Å². The van der Waals surface area contributed by atoms with Gasteiger partial charge in [0, 0.05) is 41.3 Å². The van der Waals surface area contributed by atoms with Gasteiger partial charge in [0.05, 0.1) is 0 Å². The Labute approximate surface area is 89.6 Å². The van der Waals surface area contributed by atoms with Gasteiger partial charge in [-0.2, -0.15) is 0 Å². The maximum absolute atomic E-state index is 5.57. The van der Waals surface area contributed by atoms with Crippen molar-refractivity contribution in [3.05, 3.63) is 0 Å². The van der Waals surface area contributed by atoms with Gasteiger partial charge >= 0.3 is 0 Å². The highest BCUT2D eigenvalue weighted by molar-refractivity contribution is 5.09. The van der Waals surface area contributed by atoms with Crippen molar-refractivity contribution >= 4 is 0 Å². The van der Waals surface area contributed by atoms with Crippen LogP contribution < -0.4 is 0 Å². The van der Waals surface area contributed by atoms with Crippen molar-refractivity contribution in [1.82, 2.24) is 0 Å². The van der Waals surface area contributed by atoms with Crippen LogP contribution in [0.15, 0.2) is 0 Å². The monoisotopic (exact) mass is 218 g/mol. The molecule has 5 heteroatoms. The predicted octanol–water partition coefficient (Wildman–Crippen LogP) is 0.526. The maximum Gasteiger partial charge on any atom is 0.197 e. The summed E-state index contributed by atoms with van der Waals surface area (Å²) in [5.41, 5.74) is 0. The van der Waals surface area contributed by atoms with Crippen molar-refractivity contribution in [3.8, 4) is 0 Å². The minimum atomic E-state index is -0.634. The standard InChI is InChI=1S/C10H18O5/c1-11-9(12-2)5-6-10(13-3,14-4)8-7(9)15-8/h7-8H,5-6H2,1-4H3. The summed E-state index contributed by atoms with van der Waals surface area (Å²) >= 11 is 0. The van der Waals surface area contributed by atoms with E-state index in [9.17, 15) is 0 Å². The quantitative estimate of drug-likeness (QED) is 0.509. The molecule has 0 aromatic carbocycles. The van der Waals surface area contributed by atoms with E-state index in [-0.39, 0.29) is 12.2 Å². The van der Waals surface area contributed by atoms with Crippen LogP contribution in [0.1, 0.15) is 12.8 Å². The molecule has 2 fully saturated rings. The van der Waals surface area contributed by atoms with Crippen LogP contribution in [0.25, 0.3) is 0 Å². The lowest BCUT2D eigenvalue weighted by molar-refractivity contribution is -0.273. The number of hydrogen-bond donors (Lipinski definition) is 0. The smallest absolute Gasteiger partial charge is 0.197 e. The van der Waals surface area contributed by atoms with Crippen molar-refractivity contribution in [2.45, 2.75) is 36.6 Å². The molecule has 5 nitrogen and oxygen atoms in total. The van der Waals surface area contributed by atoms with Crippen LogP contribution >= 0.6 is 0 Å². The minimum Gasteiger partial charge on any atom is -0.358 e. The van der Waals surface area contributed by atoms with E-state index in [2.05, 4.69) is 0 Å². The minimum absolute atomic E-state index is 0.0962. The summed E-state index contributed by atoms with van der Waals surface area (Å²) < 4.78 is 27.2. The molecule has 2 rings (SSSR count). The average molecular weight is 218 g/mol. The van der Waals surface area contributed by atoms with Crippen molar-refractivity contribution in [3.63, 3.8) is 0 Å². The van der Waals surface area contributed by atoms with Gasteiger partial charge in [-0.15, -0.1) is 0 Å². The first-order valence-corrected chi connectivity index (χ1v) is 5.04. The molecule has 1 saturated heterocycles. The number of rotatable bonds is 4. The molecular formula is C10H18O5. The molecule has 0 aromatic heterocycles. The van der Waals surface area contributed by atoms with Crippen LogP contribution in [0.3, 0.4) is 0 Å². The van der Waals surface area contributed by atoms with Crippen LogP contribution in [0.4, 0.5) is 0 Å². The first-order valence-electron chi connectivity index (χ1n) is 5.04. The zero-order chi connectivity index (χ0) is 11.1. The summed E-state index contributed by atoms with van der Waals surface area (Å²) in [7, 11) is 6.54.